The average molecular weight is 228 g/mol. The molecule has 1 aromatic carbocycles. The number of fused-ring (bicyclic) bond motifs is 1. The molecule has 0 aliphatic heterocycles. The fourth-order valence-electron chi connectivity index (χ4n) is 1.76. The van der Waals surface area contributed by atoms with Crippen LogP contribution in [0, 0.1) is 11.3 Å². The summed E-state index contributed by atoms with van der Waals surface area (Å²) in [6.07, 6.45) is 1.63. The van der Waals surface area contributed by atoms with Gasteiger partial charge < -0.3 is 9.30 Å². The molecule has 0 fully saturated rings. The molecule has 0 aliphatic carbocycles. The van der Waals surface area contributed by atoms with Gasteiger partial charge in [0.25, 0.3) is 0 Å². The SMILES string of the molecule is CCOc1ccc2c(=O)ccn(CC#N)c2c1. The second-order valence-electron chi connectivity index (χ2n) is 3.58. The third-order valence-electron chi connectivity index (χ3n) is 2.50. The number of pyridine rings is 1. The van der Waals surface area contributed by atoms with Crippen LogP contribution in [0.4, 0.5) is 0 Å². The molecule has 4 nitrogen and oxygen atoms in total. The number of nitriles is 1. The van der Waals surface area contributed by atoms with Crippen LogP contribution < -0.4 is 10.2 Å². The second-order valence-corrected chi connectivity index (χ2v) is 3.58. The molecule has 0 bridgehead atoms. The summed E-state index contributed by atoms with van der Waals surface area (Å²) in [5.74, 6) is 0.706. The first-order valence-corrected chi connectivity index (χ1v) is 5.39. The smallest absolute Gasteiger partial charge is 0.189 e. The summed E-state index contributed by atoms with van der Waals surface area (Å²) in [5.41, 5.74) is 0.683. The first kappa shape index (κ1) is 11.2. The molecule has 2 aromatic rings. The number of rotatable bonds is 3. The number of benzene rings is 1. The normalized spacial score (nSPS) is 10.1. The predicted octanol–water partition coefficient (Wildman–Crippen LogP) is 1.92. The van der Waals surface area contributed by atoms with E-state index in [1.807, 2.05) is 6.92 Å². The van der Waals surface area contributed by atoms with Gasteiger partial charge in [-0.3, -0.25) is 4.79 Å². The van der Waals surface area contributed by atoms with Crippen molar-refractivity contribution in [3.8, 4) is 11.8 Å². The van der Waals surface area contributed by atoms with E-state index in [9.17, 15) is 4.79 Å². The molecule has 0 amide bonds. The van der Waals surface area contributed by atoms with E-state index in [4.69, 9.17) is 10.00 Å². The Bertz CT molecular complexity index is 638. The van der Waals surface area contributed by atoms with Crippen molar-refractivity contribution in [2.24, 2.45) is 0 Å². The van der Waals surface area contributed by atoms with Crippen LogP contribution in [0.3, 0.4) is 0 Å². The molecule has 0 saturated carbocycles. The summed E-state index contributed by atoms with van der Waals surface area (Å²) < 4.78 is 7.12. The largest absolute Gasteiger partial charge is 0.494 e. The Morgan fingerprint density at radius 1 is 1.41 bits per heavy atom. The van der Waals surface area contributed by atoms with E-state index in [2.05, 4.69) is 6.07 Å². The molecule has 1 aromatic heterocycles. The molecule has 0 atom stereocenters. The van der Waals surface area contributed by atoms with Crippen LogP contribution in [-0.4, -0.2) is 11.2 Å². The number of hydrogen-bond acceptors (Lipinski definition) is 3. The number of hydrogen-bond donors (Lipinski definition) is 0. The van der Waals surface area contributed by atoms with Crippen molar-refractivity contribution < 1.29 is 4.74 Å². The molecule has 0 unspecified atom stereocenters. The third-order valence-corrected chi connectivity index (χ3v) is 2.50. The maximum Gasteiger partial charge on any atom is 0.189 e. The van der Waals surface area contributed by atoms with E-state index in [0.717, 1.165) is 5.52 Å². The van der Waals surface area contributed by atoms with Gasteiger partial charge in [0.2, 0.25) is 0 Å². The highest BCUT2D eigenvalue weighted by molar-refractivity contribution is 5.80. The van der Waals surface area contributed by atoms with Crippen molar-refractivity contribution in [2.75, 3.05) is 6.61 Å². The fourth-order valence-corrected chi connectivity index (χ4v) is 1.76. The third kappa shape index (κ3) is 2.13. The van der Waals surface area contributed by atoms with Gasteiger partial charge in [0.15, 0.2) is 5.43 Å². The maximum atomic E-state index is 11.7. The monoisotopic (exact) mass is 228 g/mol. The molecule has 0 N–H and O–H groups in total. The molecule has 4 heteroatoms. The molecule has 17 heavy (non-hydrogen) atoms. The van der Waals surface area contributed by atoms with Crippen molar-refractivity contribution in [3.63, 3.8) is 0 Å². The van der Waals surface area contributed by atoms with Crippen molar-refractivity contribution in [3.05, 3.63) is 40.7 Å². The Morgan fingerprint density at radius 3 is 2.94 bits per heavy atom. The number of nitrogens with zero attached hydrogens (tertiary/aromatic N) is 2. The van der Waals surface area contributed by atoms with Gasteiger partial charge in [0, 0.05) is 23.7 Å². The first-order valence-electron chi connectivity index (χ1n) is 5.39. The Morgan fingerprint density at radius 2 is 2.24 bits per heavy atom. The van der Waals surface area contributed by atoms with Gasteiger partial charge in [-0.25, -0.2) is 0 Å². The Labute approximate surface area is 98.7 Å². The molecule has 86 valence electrons. The van der Waals surface area contributed by atoms with Crippen LogP contribution in [0.25, 0.3) is 10.9 Å². The number of aromatic nitrogens is 1. The van der Waals surface area contributed by atoms with Crippen molar-refractivity contribution >= 4 is 10.9 Å². The van der Waals surface area contributed by atoms with Gasteiger partial charge in [-0.05, 0) is 19.1 Å². The summed E-state index contributed by atoms with van der Waals surface area (Å²) in [6.45, 7) is 2.69. The van der Waals surface area contributed by atoms with E-state index in [1.165, 1.54) is 6.07 Å². The topological polar surface area (TPSA) is 55.0 Å². The molecule has 0 spiro atoms. The summed E-state index contributed by atoms with van der Waals surface area (Å²) in [7, 11) is 0. The molecule has 1 heterocycles. The molecule has 0 radical (unpaired) electrons. The molecule has 2 rings (SSSR count). The molecule has 0 saturated heterocycles. The van der Waals surface area contributed by atoms with E-state index >= 15 is 0 Å². The highest BCUT2D eigenvalue weighted by atomic mass is 16.5. The lowest BCUT2D eigenvalue weighted by molar-refractivity contribution is 0.340. The Hall–Kier alpha value is -2.28. The fraction of sp³-hybridized carbons (Fsp3) is 0.231. The quantitative estimate of drug-likeness (QED) is 0.806. The first-order chi connectivity index (χ1) is 8.26. The summed E-state index contributed by atoms with van der Waals surface area (Å²) in [5, 5.41) is 9.34. The van der Waals surface area contributed by atoms with Gasteiger partial charge in [-0.15, -0.1) is 0 Å². The van der Waals surface area contributed by atoms with Crippen LogP contribution in [0.5, 0.6) is 5.75 Å². The van der Waals surface area contributed by atoms with Gasteiger partial charge in [0.05, 0.1) is 18.2 Å². The van der Waals surface area contributed by atoms with E-state index < -0.39 is 0 Å². The summed E-state index contributed by atoms with van der Waals surface area (Å²) in [4.78, 5) is 11.7. The van der Waals surface area contributed by atoms with Crippen molar-refractivity contribution in [2.45, 2.75) is 13.5 Å². The standard InChI is InChI=1S/C13H12N2O2/c1-2-17-10-3-4-11-12(9-10)15(8-6-14)7-5-13(11)16/h3-5,7,9H,2,8H2,1H3. The minimum atomic E-state index is -0.0442. The molecule has 0 aliphatic rings. The summed E-state index contributed by atoms with van der Waals surface area (Å²) >= 11 is 0. The van der Waals surface area contributed by atoms with Crippen LogP contribution in [-0.2, 0) is 6.54 Å². The maximum absolute atomic E-state index is 11.7. The second kappa shape index (κ2) is 4.71. The lowest BCUT2D eigenvalue weighted by Crippen LogP contribution is -2.07. The van der Waals surface area contributed by atoms with E-state index in [0.29, 0.717) is 17.7 Å². The Balaban J connectivity index is 2.67. The van der Waals surface area contributed by atoms with Crippen LogP contribution >= 0.6 is 0 Å². The minimum absolute atomic E-state index is 0.0442. The van der Waals surface area contributed by atoms with Crippen molar-refractivity contribution in [1.29, 1.82) is 5.26 Å². The van der Waals surface area contributed by atoms with Crippen LogP contribution in [0.15, 0.2) is 35.3 Å². The predicted molar refractivity (Wildman–Crippen MR) is 65.0 cm³/mol. The zero-order chi connectivity index (χ0) is 12.3. The molecular formula is C13H12N2O2. The lowest BCUT2D eigenvalue weighted by Gasteiger charge is -2.09. The molecular weight excluding hydrogens is 216 g/mol. The van der Waals surface area contributed by atoms with Crippen LogP contribution in [0.1, 0.15) is 6.92 Å². The van der Waals surface area contributed by atoms with Gasteiger partial charge in [0.1, 0.15) is 12.3 Å². The Kier molecular flexibility index (Phi) is 3.10. The zero-order valence-corrected chi connectivity index (χ0v) is 9.51. The van der Waals surface area contributed by atoms with E-state index in [-0.39, 0.29) is 12.0 Å². The highest BCUT2D eigenvalue weighted by Gasteiger charge is 2.04. The lowest BCUT2D eigenvalue weighted by atomic mass is 10.2. The average Bonchev–Trinajstić information content (AvgIpc) is 2.33. The zero-order valence-electron chi connectivity index (χ0n) is 9.51. The van der Waals surface area contributed by atoms with Crippen LogP contribution in [0.2, 0.25) is 0 Å². The van der Waals surface area contributed by atoms with Gasteiger partial charge >= 0.3 is 0 Å². The van der Waals surface area contributed by atoms with Crippen molar-refractivity contribution in [1.82, 2.24) is 4.57 Å². The van der Waals surface area contributed by atoms with Gasteiger partial charge in [-0.2, -0.15) is 5.26 Å². The summed E-state index contributed by atoms with van der Waals surface area (Å²) in [6, 6.07) is 8.83. The highest BCUT2D eigenvalue weighted by Crippen LogP contribution is 2.18. The van der Waals surface area contributed by atoms with E-state index in [1.54, 1.807) is 29.0 Å². The minimum Gasteiger partial charge on any atom is -0.494 e. The number of ether oxygens (including phenoxy) is 1. The van der Waals surface area contributed by atoms with Gasteiger partial charge in [-0.1, -0.05) is 0 Å².